The van der Waals surface area contributed by atoms with Gasteiger partial charge in [0.25, 0.3) is 0 Å². The lowest BCUT2D eigenvalue weighted by atomic mass is 10.0. The molecule has 0 spiro atoms. The number of hydrogen-bond acceptors (Lipinski definition) is 4. The summed E-state index contributed by atoms with van der Waals surface area (Å²) in [6.45, 7) is 4.79. The Morgan fingerprint density at radius 3 is 2.58 bits per heavy atom. The van der Waals surface area contributed by atoms with E-state index >= 15 is 0 Å². The van der Waals surface area contributed by atoms with E-state index in [1.54, 1.807) is 7.11 Å². The number of hydrogen-bond donors (Lipinski definition) is 1. The van der Waals surface area contributed by atoms with Gasteiger partial charge in [0.1, 0.15) is 11.6 Å². The van der Waals surface area contributed by atoms with Gasteiger partial charge in [-0.2, -0.15) is 0 Å². The lowest BCUT2D eigenvalue weighted by Gasteiger charge is -2.35. The van der Waals surface area contributed by atoms with Crippen molar-refractivity contribution < 1.29 is 13.9 Å². The zero-order chi connectivity index (χ0) is 18.4. The molecule has 0 aliphatic carbocycles. The van der Waals surface area contributed by atoms with E-state index in [-0.39, 0.29) is 11.9 Å². The molecule has 2 aromatic carbocycles. The molecule has 1 fully saturated rings. The third-order valence-corrected chi connectivity index (χ3v) is 5.24. The van der Waals surface area contributed by atoms with Crippen LogP contribution in [-0.4, -0.2) is 44.9 Å². The molecule has 4 nitrogen and oxygen atoms in total. The fraction of sp³-hybridized carbons (Fsp3) is 0.400. The first-order chi connectivity index (χ1) is 12.7. The maximum absolute atomic E-state index is 13.3. The van der Waals surface area contributed by atoms with Crippen LogP contribution in [0.5, 0.6) is 5.75 Å². The minimum Gasteiger partial charge on any atom is -0.496 e. The average Bonchev–Trinajstić information content (AvgIpc) is 2.67. The highest BCUT2D eigenvalue weighted by Crippen LogP contribution is 2.26. The largest absolute Gasteiger partial charge is 0.496 e. The van der Waals surface area contributed by atoms with Gasteiger partial charge in [0, 0.05) is 32.2 Å². The molecule has 26 heavy (non-hydrogen) atoms. The second kappa shape index (κ2) is 9.46. The summed E-state index contributed by atoms with van der Waals surface area (Å²) in [4.78, 5) is 2.40. The summed E-state index contributed by atoms with van der Waals surface area (Å²) in [5, 5.41) is 3.54. The van der Waals surface area contributed by atoms with Gasteiger partial charge in [-0.05, 0) is 51.3 Å². The van der Waals surface area contributed by atoms with Crippen LogP contribution in [0.25, 0.3) is 0 Å². The Kier molecular flexibility index (Phi) is 7.02. The van der Waals surface area contributed by atoms with Gasteiger partial charge in [-0.25, -0.2) is 4.39 Å². The van der Waals surface area contributed by atoms with Crippen molar-refractivity contribution in [3.05, 3.63) is 63.9 Å². The van der Waals surface area contributed by atoms with Crippen molar-refractivity contribution in [3.8, 4) is 5.75 Å². The summed E-state index contributed by atoms with van der Waals surface area (Å²) >= 11 is 3.52. The molecule has 1 heterocycles. The molecule has 0 aromatic heterocycles. The molecular weight excluding hydrogens is 399 g/mol. The lowest BCUT2D eigenvalue weighted by molar-refractivity contribution is 0.0161. The van der Waals surface area contributed by atoms with E-state index in [9.17, 15) is 4.39 Å². The molecule has 2 aromatic rings. The normalized spacial score (nSPS) is 16.4. The maximum atomic E-state index is 13.3. The highest BCUT2D eigenvalue weighted by Gasteiger charge is 2.22. The van der Waals surface area contributed by atoms with Crippen LogP contribution in [0, 0.1) is 5.82 Å². The van der Waals surface area contributed by atoms with Crippen LogP contribution < -0.4 is 10.1 Å². The summed E-state index contributed by atoms with van der Waals surface area (Å²) in [7, 11) is 1.66. The highest BCUT2D eigenvalue weighted by molar-refractivity contribution is 9.10. The highest BCUT2D eigenvalue weighted by atomic mass is 79.9. The van der Waals surface area contributed by atoms with E-state index in [0.717, 1.165) is 55.2 Å². The van der Waals surface area contributed by atoms with Gasteiger partial charge in [-0.1, -0.05) is 18.2 Å². The van der Waals surface area contributed by atoms with Crippen LogP contribution in [0.15, 0.2) is 46.9 Å². The van der Waals surface area contributed by atoms with Gasteiger partial charge >= 0.3 is 0 Å². The Morgan fingerprint density at radius 1 is 1.19 bits per heavy atom. The zero-order valence-electron chi connectivity index (χ0n) is 14.9. The van der Waals surface area contributed by atoms with E-state index in [1.165, 1.54) is 17.7 Å². The Balaban J connectivity index is 1.65. The number of methoxy groups -OCH3 is 1. The Bertz CT molecular complexity index is 705. The Hall–Kier alpha value is -1.47. The molecule has 1 aliphatic heterocycles. The second-order valence-electron chi connectivity index (χ2n) is 6.32. The second-order valence-corrected chi connectivity index (χ2v) is 7.17. The van der Waals surface area contributed by atoms with Crippen LogP contribution in [0.3, 0.4) is 0 Å². The number of benzene rings is 2. The third kappa shape index (κ3) is 5.04. The van der Waals surface area contributed by atoms with Gasteiger partial charge in [0.15, 0.2) is 0 Å². The molecule has 3 rings (SSSR count). The first-order valence-electron chi connectivity index (χ1n) is 8.78. The van der Waals surface area contributed by atoms with E-state index in [0.29, 0.717) is 0 Å². The van der Waals surface area contributed by atoms with Crippen LogP contribution in [0.4, 0.5) is 4.39 Å². The summed E-state index contributed by atoms with van der Waals surface area (Å²) in [5.41, 5.74) is 2.30. The average molecular weight is 423 g/mol. The molecule has 1 N–H and O–H groups in total. The fourth-order valence-electron chi connectivity index (χ4n) is 3.20. The molecular formula is C20H24BrFN2O2. The van der Waals surface area contributed by atoms with Crippen molar-refractivity contribution in [1.82, 2.24) is 10.2 Å². The monoisotopic (exact) mass is 422 g/mol. The topological polar surface area (TPSA) is 33.7 Å². The smallest absolute Gasteiger partial charge is 0.133 e. The molecule has 0 radical (unpaired) electrons. The maximum Gasteiger partial charge on any atom is 0.133 e. The van der Waals surface area contributed by atoms with Gasteiger partial charge in [-0.3, -0.25) is 4.90 Å². The van der Waals surface area contributed by atoms with Gasteiger partial charge in [0.05, 0.1) is 24.8 Å². The summed E-state index contributed by atoms with van der Waals surface area (Å²) in [6, 6.07) is 13.1. The zero-order valence-corrected chi connectivity index (χ0v) is 16.5. The summed E-state index contributed by atoms with van der Waals surface area (Å²) in [5.74, 6) is 0.622. The molecule has 1 unspecified atom stereocenters. The van der Waals surface area contributed by atoms with E-state index < -0.39 is 0 Å². The minimum atomic E-state index is -0.203. The Labute approximate surface area is 162 Å². The van der Waals surface area contributed by atoms with Crippen LogP contribution >= 0.6 is 15.9 Å². The van der Waals surface area contributed by atoms with Crippen molar-refractivity contribution in [2.24, 2.45) is 0 Å². The van der Waals surface area contributed by atoms with Crippen molar-refractivity contribution in [1.29, 1.82) is 0 Å². The van der Waals surface area contributed by atoms with Crippen molar-refractivity contribution in [2.45, 2.75) is 12.6 Å². The number of nitrogens with one attached hydrogen (secondary N) is 1. The van der Waals surface area contributed by atoms with E-state index in [4.69, 9.17) is 9.47 Å². The van der Waals surface area contributed by atoms with Crippen LogP contribution in [-0.2, 0) is 11.3 Å². The van der Waals surface area contributed by atoms with E-state index in [1.807, 2.05) is 18.2 Å². The minimum absolute atomic E-state index is 0.196. The van der Waals surface area contributed by atoms with Crippen LogP contribution in [0.1, 0.15) is 17.2 Å². The first-order valence-corrected chi connectivity index (χ1v) is 9.57. The van der Waals surface area contributed by atoms with E-state index in [2.05, 4.69) is 38.3 Å². The Morgan fingerprint density at radius 2 is 1.92 bits per heavy atom. The number of ether oxygens (including phenoxy) is 2. The lowest BCUT2D eigenvalue weighted by Crippen LogP contribution is -2.42. The predicted octanol–water partition coefficient (Wildman–Crippen LogP) is 3.76. The quantitative estimate of drug-likeness (QED) is 0.736. The molecule has 1 atom stereocenters. The number of nitrogens with zero attached hydrogens (tertiary/aromatic N) is 1. The predicted molar refractivity (Wildman–Crippen MR) is 104 cm³/mol. The third-order valence-electron chi connectivity index (χ3n) is 4.62. The number of halogens is 2. The summed E-state index contributed by atoms with van der Waals surface area (Å²) in [6.07, 6.45) is 0. The van der Waals surface area contributed by atoms with Crippen molar-refractivity contribution >= 4 is 15.9 Å². The SMILES string of the molecule is COc1ccc(CNCC(c2ccc(F)cc2)N2CCOCC2)cc1Br. The van der Waals surface area contributed by atoms with Crippen molar-refractivity contribution in [2.75, 3.05) is 40.0 Å². The number of rotatable bonds is 7. The molecule has 1 aliphatic rings. The number of morpholine rings is 1. The standard InChI is InChI=1S/C20H24BrFN2O2/c1-25-20-7-2-15(12-18(20)21)13-23-14-19(24-8-10-26-11-9-24)16-3-5-17(22)6-4-16/h2-7,12,19,23H,8-11,13-14H2,1H3. The molecule has 0 bridgehead atoms. The first kappa shape index (κ1) is 19.3. The van der Waals surface area contributed by atoms with Gasteiger partial charge < -0.3 is 14.8 Å². The summed E-state index contributed by atoms with van der Waals surface area (Å²) < 4.78 is 25.0. The molecule has 0 amide bonds. The molecule has 0 saturated carbocycles. The van der Waals surface area contributed by atoms with Gasteiger partial charge in [0.2, 0.25) is 0 Å². The fourth-order valence-corrected chi connectivity index (χ4v) is 3.79. The molecule has 1 saturated heterocycles. The van der Waals surface area contributed by atoms with Crippen LogP contribution in [0.2, 0.25) is 0 Å². The van der Waals surface area contributed by atoms with Crippen molar-refractivity contribution in [3.63, 3.8) is 0 Å². The van der Waals surface area contributed by atoms with Gasteiger partial charge in [-0.15, -0.1) is 0 Å². The molecule has 140 valence electrons. The molecule has 6 heteroatoms.